The van der Waals surface area contributed by atoms with Gasteiger partial charge in [0.1, 0.15) is 0 Å². The molecule has 3 nitrogen and oxygen atoms in total. The second kappa shape index (κ2) is 5.27. The number of allylic oxidation sites excluding steroid dienone is 2. The molecule has 14 heavy (non-hydrogen) atoms. The fourth-order valence-electron chi connectivity index (χ4n) is 0.749. The van der Waals surface area contributed by atoms with Crippen molar-refractivity contribution in [2.75, 3.05) is 0 Å². The number of Topliss-reactive ketones (excluding diaryl/α,β-unsaturated/α-hetero) is 3. The molecule has 0 amide bonds. The highest BCUT2D eigenvalue weighted by atomic mass is 16.2. The van der Waals surface area contributed by atoms with Gasteiger partial charge in [0, 0.05) is 11.8 Å². The average Bonchev–Trinajstić information content (AvgIpc) is 2.23. The van der Waals surface area contributed by atoms with Gasteiger partial charge in [0.2, 0.25) is 11.6 Å². The van der Waals surface area contributed by atoms with Crippen molar-refractivity contribution in [1.82, 2.24) is 0 Å². The fraction of sp³-hybridized carbons (Fsp3) is 0.364. The summed E-state index contributed by atoms with van der Waals surface area (Å²) in [7, 11) is 0. The van der Waals surface area contributed by atoms with Crippen LogP contribution in [0.1, 0.15) is 13.8 Å². The second-order valence-corrected chi connectivity index (χ2v) is 3.11. The Morgan fingerprint density at radius 1 is 0.929 bits per heavy atom. The molecule has 2 atom stereocenters. The third kappa shape index (κ3) is 2.76. The molecule has 2 unspecified atom stereocenters. The number of hydrogen-bond acceptors (Lipinski definition) is 3. The van der Waals surface area contributed by atoms with E-state index in [1.165, 1.54) is 26.0 Å². The van der Waals surface area contributed by atoms with Crippen LogP contribution in [0.3, 0.4) is 0 Å². The molecular weight excluding hydrogens is 180 g/mol. The van der Waals surface area contributed by atoms with E-state index in [1.54, 1.807) is 0 Å². The van der Waals surface area contributed by atoms with Gasteiger partial charge in [-0.3, -0.25) is 14.4 Å². The summed E-state index contributed by atoms with van der Waals surface area (Å²) in [6, 6.07) is 0. The van der Waals surface area contributed by atoms with Crippen LogP contribution in [0.4, 0.5) is 0 Å². The zero-order chi connectivity index (χ0) is 11.3. The third-order valence-corrected chi connectivity index (χ3v) is 1.98. The molecule has 0 radical (unpaired) electrons. The molecule has 0 rings (SSSR count). The molecule has 0 saturated carbocycles. The van der Waals surface area contributed by atoms with Gasteiger partial charge in [0.25, 0.3) is 5.78 Å². The summed E-state index contributed by atoms with van der Waals surface area (Å²) in [5.41, 5.74) is 0. The van der Waals surface area contributed by atoms with E-state index < -0.39 is 29.2 Å². The minimum Gasteiger partial charge on any atom is -0.290 e. The molecule has 0 spiro atoms. The van der Waals surface area contributed by atoms with Gasteiger partial charge in [-0.05, 0) is 0 Å². The molecule has 3 heteroatoms. The van der Waals surface area contributed by atoms with Crippen molar-refractivity contribution >= 4 is 17.3 Å². The Hall–Kier alpha value is -1.51. The molecule has 0 aliphatic rings. The van der Waals surface area contributed by atoms with E-state index in [0.29, 0.717) is 0 Å². The summed E-state index contributed by atoms with van der Waals surface area (Å²) in [4.78, 5) is 33.8. The zero-order valence-corrected chi connectivity index (χ0v) is 8.45. The Morgan fingerprint density at radius 3 is 1.43 bits per heavy atom. The molecule has 0 aliphatic carbocycles. The van der Waals surface area contributed by atoms with E-state index in [-0.39, 0.29) is 0 Å². The van der Waals surface area contributed by atoms with E-state index in [4.69, 9.17) is 0 Å². The van der Waals surface area contributed by atoms with E-state index in [9.17, 15) is 14.4 Å². The van der Waals surface area contributed by atoms with Crippen molar-refractivity contribution in [1.29, 1.82) is 0 Å². The minimum absolute atomic E-state index is 0.608. The average molecular weight is 194 g/mol. The van der Waals surface area contributed by atoms with Gasteiger partial charge >= 0.3 is 0 Å². The van der Waals surface area contributed by atoms with Crippen molar-refractivity contribution < 1.29 is 14.4 Å². The monoisotopic (exact) mass is 194 g/mol. The van der Waals surface area contributed by atoms with Crippen LogP contribution >= 0.6 is 0 Å². The number of carbonyl (C=O) groups excluding carboxylic acids is 3. The first kappa shape index (κ1) is 12.5. The normalized spacial score (nSPS) is 13.9. The minimum atomic E-state index is -0.968. The predicted molar refractivity (Wildman–Crippen MR) is 53.7 cm³/mol. The lowest BCUT2D eigenvalue weighted by Crippen LogP contribution is -2.31. The van der Waals surface area contributed by atoms with Crippen LogP contribution in [-0.4, -0.2) is 17.3 Å². The molecule has 0 aromatic carbocycles. The van der Waals surface area contributed by atoms with Gasteiger partial charge in [-0.15, -0.1) is 13.2 Å². The van der Waals surface area contributed by atoms with Gasteiger partial charge in [-0.1, -0.05) is 26.0 Å². The molecule has 0 bridgehead atoms. The van der Waals surface area contributed by atoms with E-state index in [2.05, 4.69) is 13.2 Å². The van der Waals surface area contributed by atoms with Crippen LogP contribution in [0.15, 0.2) is 25.3 Å². The van der Waals surface area contributed by atoms with Crippen molar-refractivity contribution in [3.63, 3.8) is 0 Å². The number of hydrogen-bond donors (Lipinski definition) is 0. The van der Waals surface area contributed by atoms with Crippen LogP contribution in [0.2, 0.25) is 0 Å². The van der Waals surface area contributed by atoms with Crippen molar-refractivity contribution in [2.45, 2.75) is 13.8 Å². The molecule has 0 aromatic heterocycles. The van der Waals surface area contributed by atoms with Gasteiger partial charge in [0.15, 0.2) is 0 Å². The van der Waals surface area contributed by atoms with Gasteiger partial charge in [0.05, 0.1) is 0 Å². The highest BCUT2D eigenvalue weighted by molar-refractivity contribution is 6.64. The Bertz CT molecular complexity index is 261. The molecule has 0 heterocycles. The highest BCUT2D eigenvalue weighted by Gasteiger charge is 2.27. The largest absolute Gasteiger partial charge is 0.290 e. The summed E-state index contributed by atoms with van der Waals surface area (Å²) in [5.74, 6) is -3.60. The smallest absolute Gasteiger partial charge is 0.265 e. The van der Waals surface area contributed by atoms with Gasteiger partial charge in [-0.25, -0.2) is 0 Å². The Labute approximate surface area is 83.5 Å². The topological polar surface area (TPSA) is 51.2 Å². The number of rotatable bonds is 6. The lowest BCUT2D eigenvalue weighted by molar-refractivity contribution is -0.145. The van der Waals surface area contributed by atoms with Crippen molar-refractivity contribution in [2.24, 2.45) is 11.8 Å². The number of carbonyl (C=O) groups is 3. The first-order valence-electron chi connectivity index (χ1n) is 4.33. The SMILES string of the molecule is C=CC(C)C(=O)C(=O)C(=O)C(C)C=C. The molecule has 0 fully saturated rings. The lowest BCUT2D eigenvalue weighted by atomic mass is 9.95. The van der Waals surface area contributed by atoms with Gasteiger partial charge < -0.3 is 0 Å². The van der Waals surface area contributed by atoms with E-state index >= 15 is 0 Å². The molecule has 0 aliphatic heterocycles. The van der Waals surface area contributed by atoms with Crippen LogP contribution in [0.25, 0.3) is 0 Å². The summed E-state index contributed by atoms with van der Waals surface area (Å²) in [6.07, 6.45) is 2.68. The summed E-state index contributed by atoms with van der Waals surface area (Å²) in [6.45, 7) is 9.82. The van der Waals surface area contributed by atoms with E-state index in [0.717, 1.165) is 0 Å². The summed E-state index contributed by atoms with van der Waals surface area (Å²) < 4.78 is 0. The molecule has 0 N–H and O–H groups in total. The third-order valence-electron chi connectivity index (χ3n) is 1.98. The molecule has 0 saturated heterocycles. The van der Waals surface area contributed by atoms with Crippen LogP contribution in [-0.2, 0) is 14.4 Å². The van der Waals surface area contributed by atoms with E-state index in [1.807, 2.05) is 0 Å². The molecular formula is C11H14O3. The van der Waals surface area contributed by atoms with Crippen LogP contribution in [0, 0.1) is 11.8 Å². The Kier molecular flexibility index (Phi) is 4.70. The quantitative estimate of drug-likeness (QED) is 0.364. The summed E-state index contributed by atoms with van der Waals surface area (Å²) in [5, 5.41) is 0. The van der Waals surface area contributed by atoms with Crippen molar-refractivity contribution in [3.05, 3.63) is 25.3 Å². The maximum absolute atomic E-state index is 11.3. The maximum Gasteiger partial charge on any atom is 0.265 e. The standard InChI is InChI=1S/C11H14O3/c1-5-7(3)9(12)11(14)10(13)8(4)6-2/h5-8H,1-2H2,3-4H3. The summed E-state index contributed by atoms with van der Waals surface area (Å²) >= 11 is 0. The predicted octanol–water partition coefficient (Wildman–Crippen LogP) is 1.34. The fourth-order valence-corrected chi connectivity index (χ4v) is 0.749. The van der Waals surface area contributed by atoms with Crippen LogP contribution in [0.5, 0.6) is 0 Å². The highest BCUT2D eigenvalue weighted by Crippen LogP contribution is 2.04. The molecule has 76 valence electrons. The Balaban J connectivity index is 4.63. The maximum atomic E-state index is 11.3. The zero-order valence-electron chi connectivity index (χ0n) is 8.45. The van der Waals surface area contributed by atoms with Crippen molar-refractivity contribution in [3.8, 4) is 0 Å². The Morgan fingerprint density at radius 2 is 1.21 bits per heavy atom. The first-order chi connectivity index (χ1) is 6.45. The van der Waals surface area contributed by atoms with Gasteiger partial charge in [-0.2, -0.15) is 0 Å². The number of ketones is 3. The second-order valence-electron chi connectivity index (χ2n) is 3.11. The van der Waals surface area contributed by atoms with Crippen LogP contribution < -0.4 is 0 Å². The first-order valence-corrected chi connectivity index (χ1v) is 4.33. The lowest BCUT2D eigenvalue weighted by Gasteiger charge is -2.05. The molecule has 0 aromatic rings.